The summed E-state index contributed by atoms with van der Waals surface area (Å²) < 4.78 is 15.1. The van der Waals surface area contributed by atoms with Crippen LogP contribution in [0, 0.1) is 24.6 Å². The molecule has 0 spiro atoms. The van der Waals surface area contributed by atoms with Gasteiger partial charge >= 0.3 is 0 Å². The molecule has 0 unspecified atom stereocenters. The number of halogens is 1. The first kappa shape index (κ1) is 21.8. The van der Waals surface area contributed by atoms with Crippen molar-refractivity contribution >= 4 is 10.8 Å². The zero-order chi connectivity index (χ0) is 22.3. The predicted molar refractivity (Wildman–Crippen MR) is 134 cm³/mol. The monoisotopic (exact) mass is 420 g/mol. The fourth-order valence-electron chi connectivity index (χ4n) is 3.96. The standard InChI is InChI=1S/C31H29F/c1-3-4-5-6-7-24-12-15-26(16-13-24)28-20-21-30-29(22-28)19-18-27(31(30)32)17-14-25-10-8-23(2)9-11-25/h8-13,15-16,18-22H,3-7H2,1-2H3. The number of fused-ring (bicyclic) bond motifs is 1. The maximum Gasteiger partial charge on any atom is 0.146 e. The molecule has 0 bridgehead atoms. The average molecular weight is 421 g/mol. The Morgan fingerprint density at radius 3 is 2.22 bits per heavy atom. The molecule has 0 heterocycles. The Labute approximate surface area is 191 Å². The highest BCUT2D eigenvalue weighted by atomic mass is 19.1. The molecule has 0 amide bonds. The van der Waals surface area contributed by atoms with Crippen LogP contribution in [-0.4, -0.2) is 0 Å². The summed E-state index contributed by atoms with van der Waals surface area (Å²) in [5.74, 6) is 5.81. The second-order valence-electron chi connectivity index (χ2n) is 8.49. The van der Waals surface area contributed by atoms with E-state index in [9.17, 15) is 0 Å². The summed E-state index contributed by atoms with van der Waals surface area (Å²) in [6, 6.07) is 26.4. The molecule has 0 atom stereocenters. The number of benzene rings is 4. The molecule has 0 fully saturated rings. The fourth-order valence-corrected chi connectivity index (χ4v) is 3.96. The molecule has 0 saturated heterocycles. The van der Waals surface area contributed by atoms with E-state index < -0.39 is 0 Å². The largest absolute Gasteiger partial charge is 0.205 e. The van der Waals surface area contributed by atoms with E-state index in [4.69, 9.17) is 0 Å². The third-order valence-electron chi connectivity index (χ3n) is 5.95. The van der Waals surface area contributed by atoms with Crippen molar-refractivity contribution in [2.24, 2.45) is 0 Å². The smallest absolute Gasteiger partial charge is 0.146 e. The third kappa shape index (κ3) is 5.27. The van der Waals surface area contributed by atoms with Crippen molar-refractivity contribution in [2.45, 2.75) is 46.0 Å². The van der Waals surface area contributed by atoms with Crippen LogP contribution in [0.1, 0.15) is 54.9 Å². The fraction of sp³-hybridized carbons (Fsp3) is 0.226. The molecular formula is C31H29F. The van der Waals surface area contributed by atoms with Crippen LogP contribution in [0.3, 0.4) is 0 Å². The van der Waals surface area contributed by atoms with Gasteiger partial charge in [0.15, 0.2) is 0 Å². The van der Waals surface area contributed by atoms with Gasteiger partial charge in [0.2, 0.25) is 0 Å². The minimum absolute atomic E-state index is 0.254. The van der Waals surface area contributed by atoms with Crippen LogP contribution in [-0.2, 0) is 6.42 Å². The topological polar surface area (TPSA) is 0 Å². The van der Waals surface area contributed by atoms with Crippen molar-refractivity contribution in [3.05, 3.63) is 107 Å². The van der Waals surface area contributed by atoms with Crippen LogP contribution in [0.2, 0.25) is 0 Å². The van der Waals surface area contributed by atoms with Gasteiger partial charge < -0.3 is 0 Å². The highest BCUT2D eigenvalue weighted by molar-refractivity contribution is 5.89. The van der Waals surface area contributed by atoms with Crippen molar-refractivity contribution in [2.75, 3.05) is 0 Å². The van der Waals surface area contributed by atoms with Gasteiger partial charge in [-0.1, -0.05) is 98.2 Å². The Morgan fingerprint density at radius 1 is 0.719 bits per heavy atom. The van der Waals surface area contributed by atoms with Crippen molar-refractivity contribution < 1.29 is 4.39 Å². The van der Waals surface area contributed by atoms with Crippen LogP contribution >= 0.6 is 0 Å². The van der Waals surface area contributed by atoms with E-state index in [2.05, 4.69) is 49.1 Å². The highest BCUT2D eigenvalue weighted by Crippen LogP contribution is 2.28. The van der Waals surface area contributed by atoms with E-state index >= 15 is 4.39 Å². The van der Waals surface area contributed by atoms with Gasteiger partial charge in [-0.3, -0.25) is 0 Å². The van der Waals surface area contributed by atoms with Gasteiger partial charge in [-0.05, 0) is 66.1 Å². The van der Waals surface area contributed by atoms with Gasteiger partial charge in [0, 0.05) is 10.9 Å². The average Bonchev–Trinajstić information content (AvgIpc) is 2.83. The van der Waals surface area contributed by atoms with Crippen LogP contribution in [0.25, 0.3) is 21.9 Å². The quantitative estimate of drug-likeness (QED) is 0.217. The lowest BCUT2D eigenvalue weighted by Gasteiger charge is -2.08. The summed E-state index contributed by atoms with van der Waals surface area (Å²) in [4.78, 5) is 0. The second kappa shape index (κ2) is 10.3. The first-order chi connectivity index (χ1) is 15.6. The summed E-state index contributed by atoms with van der Waals surface area (Å²) in [6.45, 7) is 4.28. The normalized spacial score (nSPS) is 10.7. The van der Waals surface area contributed by atoms with Gasteiger partial charge in [-0.15, -0.1) is 0 Å². The molecule has 4 aromatic rings. The van der Waals surface area contributed by atoms with E-state index in [1.165, 1.54) is 36.8 Å². The molecule has 32 heavy (non-hydrogen) atoms. The van der Waals surface area contributed by atoms with E-state index in [0.717, 1.165) is 28.5 Å². The number of rotatable bonds is 6. The Bertz CT molecular complexity index is 1250. The lowest BCUT2D eigenvalue weighted by atomic mass is 9.98. The van der Waals surface area contributed by atoms with Crippen molar-refractivity contribution in [3.8, 4) is 23.0 Å². The molecule has 0 aliphatic carbocycles. The lowest BCUT2D eigenvalue weighted by molar-refractivity contribution is 0.636. The van der Waals surface area contributed by atoms with E-state index in [-0.39, 0.29) is 5.82 Å². The Balaban J connectivity index is 1.54. The molecule has 0 aromatic heterocycles. The van der Waals surface area contributed by atoms with Gasteiger partial charge in [0.25, 0.3) is 0 Å². The first-order valence-corrected chi connectivity index (χ1v) is 11.5. The molecule has 0 aliphatic rings. The minimum atomic E-state index is -0.254. The Kier molecular flexibility index (Phi) is 7.03. The summed E-state index contributed by atoms with van der Waals surface area (Å²) in [6.07, 6.45) is 6.26. The lowest BCUT2D eigenvalue weighted by Crippen LogP contribution is -1.89. The predicted octanol–water partition coefficient (Wildman–Crippen LogP) is 8.48. The molecular weight excluding hydrogens is 391 g/mol. The second-order valence-corrected chi connectivity index (χ2v) is 8.49. The zero-order valence-corrected chi connectivity index (χ0v) is 18.9. The van der Waals surface area contributed by atoms with Gasteiger partial charge in [0.1, 0.15) is 5.82 Å². The van der Waals surface area contributed by atoms with Crippen LogP contribution in [0.5, 0.6) is 0 Å². The van der Waals surface area contributed by atoms with Crippen LogP contribution < -0.4 is 0 Å². The van der Waals surface area contributed by atoms with Crippen LogP contribution in [0.15, 0.2) is 78.9 Å². The van der Waals surface area contributed by atoms with Gasteiger partial charge in [0.05, 0.1) is 5.56 Å². The Hall–Kier alpha value is -3.37. The Morgan fingerprint density at radius 2 is 1.47 bits per heavy atom. The molecule has 0 aliphatic heterocycles. The maximum atomic E-state index is 15.1. The summed E-state index contributed by atoms with van der Waals surface area (Å²) in [5, 5.41) is 1.50. The van der Waals surface area contributed by atoms with Crippen molar-refractivity contribution in [3.63, 3.8) is 0 Å². The van der Waals surface area contributed by atoms with E-state index in [1.54, 1.807) is 6.07 Å². The van der Waals surface area contributed by atoms with E-state index in [0.29, 0.717) is 10.9 Å². The van der Waals surface area contributed by atoms with Gasteiger partial charge in [-0.25, -0.2) is 4.39 Å². The number of unbranched alkanes of at least 4 members (excludes halogenated alkanes) is 3. The molecule has 1 heteroatoms. The molecule has 0 nitrogen and oxygen atoms in total. The molecule has 0 radical (unpaired) electrons. The minimum Gasteiger partial charge on any atom is -0.205 e. The number of hydrogen-bond donors (Lipinski definition) is 0. The molecule has 4 aromatic carbocycles. The first-order valence-electron chi connectivity index (χ1n) is 11.5. The van der Waals surface area contributed by atoms with Crippen LogP contribution in [0.4, 0.5) is 4.39 Å². The molecule has 0 saturated carbocycles. The van der Waals surface area contributed by atoms with Crippen molar-refractivity contribution in [1.29, 1.82) is 0 Å². The molecule has 4 rings (SSSR count). The molecule has 0 N–H and O–H groups in total. The number of aryl methyl sites for hydroxylation is 2. The summed E-state index contributed by atoms with van der Waals surface area (Å²) in [5.41, 5.74) is 6.15. The summed E-state index contributed by atoms with van der Waals surface area (Å²) in [7, 11) is 0. The molecule has 160 valence electrons. The summed E-state index contributed by atoms with van der Waals surface area (Å²) >= 11 is 0. The van der Waals surface area contributed by atoms with E-state index in [1.807, 2.05) is 49.4 Å². The third-order valence-corrected chi connectivity index (χ3v) is 5.95. The zero-order valence-electron chi connectivity index (χ0n) is 18.9. The van der Waals surface area contributed by atoms with Gasteiger partial charge in [-0.2, -0.15) is 0 Å². The maximum absolute atomic E-state index is 15.1. The SMILES string of the molecule is CCCCCCc1ccc(-c2ccc3c(F)c(C#Cc4ccc(C)cc4)ccc3c2)cc1. The highest BCUT2D eigenvalue weighted by Gasteiger charge is 2.08. The van der Waals surface area contributed by atoms with Crippen molar-refractivity contribution in [1.82, 2.24) is 0 Å². The number of hydrogen-bond acceptors (Lipinski definition) is 0.